The Hall–Kier alpha value is -2.08. The molecule has 2 N–H and O–H groups in total. The van der Waals surface area contributed by atoms with Crippen molar-refractivity contribution in [2.75, 3.05) is 22.3 Å². The molecule has 0 aliphatic carbocycles. The number of sulfonamides is 1. The monoisotopic (exact) mass is 347 g/mol. The fourth-order valence-electron chi connectivity index (χ4n) is 2.20. The van der Waals surface area contributed by atoms with Gasteiger partial charge in [0.2, 0.25) is 10.0 Å². The zero-order chi connectivity index (χ0) is 17.4. The van der Waals surface area contributed by atoms with Crippen LogP contribution in [0, 0.1) is 5.92 Å². The van der Waals surface area contributed by atoms with Crippen LogP contribution in [0.3, 0.4) is 0 Å². The van der Waals surface area contributed by atoms with Crippen LogP contribution in [0.5, 0.6) is 0 Å². The number of benzene rings is 1. The van der Waals surface area contributed by atoms with Gasteiger partial charge in [-0.25, -0.2) is 13.4 Å². The standard InChI is InChI=1S/C18H25N3O2S/c1-15(2)13-19-17-10-11-18(20-14-17)21-24(22,23)12-6-9-16-7-4-3-5-8-16/h3-5,7-8,10-11,14-15,19H,6,9,12-13H2,1-2H3,(H,20,21). The van der Waals surface area contributed by atoms with E-state index in [2.05, 4.69) is 28.9 Å². The van der Waals surface area contributed by atoms with E-state index in [9.17, 15) is 8.42 Å². The number of hydrogen-bond acceptors (Lipinski definition) is 4. The van der Waals surface area contributed by atoms with Crippen molar-refractivity contribution in [2.45, 2.75) is 26.7 Å². The molecule has 6 heteroatoms. The van der Waals surface area contributed by atoms with Crippen LogP contribution < -0.4 is 10.0 Å². The third-order valence-electron chi connectivity index (χ3n) is 3.46. The summed E-state index contributed by atoms with van der Waals surface area (Å²) in [6.45, 7) is 5.10. The summed E-state index contributed by atoms with van der Waals surface area (Å²) in [5.74, 6) is 0.967. The highest BCUT2D eigenvalue weighted by Gasteiger charge is 2.11. The summed E-state index contributed by atoms with van der Waals surface area (Å²) in [6.07, 6.45) is 2.96. The molecule has 1 aromatic carbocycles. The summed E-state index contributed by atoms with van der Waals surface area (Å²) in [5.41, 5.74) is 2.03. The summed E-state index contributed by atoms with van der Waals surface area (Å²) in [5, 5.41) is 3.25. The molecule has 5 nitrogen and oxygen atoms in total. The molecule has 1 heterocycles. The van der Waals surface area contributed by atoms with Gasteiger partial charge in [0.1, 0.15) is 5.82 Å². The Bertz CT molecular complexity index is 714. The number of pyridine rings is 1. The number of hydrogen-bond donors (Lipinski definition) is 2. The van der Waals surface area contributed by atoms with Crippen LogP contribution in [-0.2, 0) is 16.4 Å². The molecule has 0 atom stereocenters. The molecule has 2 rings (SSSR count). The Balaban J connectivity index is 1.82. The van der Waals surface area contributed by atoms with Gasteiger partial charge in [0.05, 0.1) is 17.6 Å². The molecule has 0 aliphatic heterocycles. The van der Waals surface area contributed by atoms with Crippen LogP contribution in [0.25, 0.3) is 0 Å². The first kappa shape index (κ1) is 18.3. The van der Waals surface area contributed by atoms with E-state index in [0.717, 1.165) is 24.2 Å². The number of nitrogens with one attached hydrogen (secondary N) is 2. The van der Waals surface area contributed by atoms with Gasteiger partial charge in [-0.05, 0) is 36.5 Å². The number of anilines is 2. The number of aromatic nitrogens is 1. The van der Waals surface area contributed by atoms with Gasteiger partial charge in [-0.2, -0.15) is 0 Å². The third kappa shape index (κ3) is 6.58. The highest BCUT2D eigenvalue weighted by Crippen LogP contribution is 2.12. The van der Waals surface area contributed by atoms with Crippen LogP contribution in [0.15, 0.2) is 48.7 Å². The SMILES string of the molecule is CC(C)CNc1ccc(NS(=O)(=O)CCCc2ccccc2)nc1. The zero-order valence-electron chi connectivity index (χ0n) is 14.2. The zero-order valence-corrected chi connectivity index (χ0v) is 15.0. The molecule has 24 heavy (non-hydrogen) atoms. The summed E-state index contributed by atoms with van der Waals surface area (Å²) in [6, 6.07) is 13.4. The first-order valence-corrected chi connectivity index (χ1v) is 9.84. The lowest BCUT2D eigenvalue weighted by Crippen LogP contribution is -2.18. The number of nitrogens with zero attached hydrogens (tertiary/aromatic N) is 1. The molecule has 130 valence electrons. The molecular weight excluding hydrogens is 322 g/mol. The normalized spacial score (nSPS) is 11.5. The van der Waals surface area contributed by atoms with Crippen molar-refractivity contribution in [2.24, 2.45) is 5.92 Å². The lowest BCUT2D eigenvalue weighted by molar-refractivity contribution is 0.598. The highest BCUT2D eigenvalue weighted by atomic mass is 32.2. The predicted octanol–water partition coefficient (Wildman–Crippen LogP) is 3.52. The first-order valence-electron chi connectivity index (χ1n) is 8.19. The molecule has 0 radical (unpaired) electrons. The first-order chi connectivity index (χ1) is 11.4. The van der Waals surface area contributed by atoms with E-state index in [1.165, 1.54) is 0 Å². The average molecular weight is 347 g/mol. The molecule has 1 aromatic heterocycles. The smallest absolute Gasteiger partial charge is 0.233 e. The minimum atomic E-state index is -3.38. The second-order valence-corrected chi connectivity index (χ2v) is 8.06. The summed E-state index contributed by atoms with van der Waals surface area (Å²) >= 11 is 0. The van der Waals surface area contributed by atoms with E-state index in [-0.39, 0.29) is 5.75 Å². The van der Waals surface area contributed by atoms with Crippen molar-refractivity contribution in [1.82, 2.24) is 4.98 Å². The second kappa shape index (κ2) is 8.68. The van der Waals surface area contributed by atoms with Crippen molar-refractivity contribution in [3.05, 3.63) is 54.2 Å². The molecule has 0 amide bonds. The molecule has 0 aliphatic rings. The minimum Gasteiger partial charge on any atom is -0.384 e. The summed E-state index contributed by atoms with van der Waals surface area (Å²) in [7, 11) is -3.38. The van der Waals surface area contributed by atoms with Gasteiger partial charge < -0.3 is 5.32 Å². The van der Waals surface area contributed by atoms with E-state index in [1.807, 2.05) is 36.4 Å². The van der Waals surface area contributed by atoms with Gasteiger partial charge in [-0.1, -0.05) is 44.2 Å². The van der Waals surface area contributed by atoms with Crippen molar-refractivity contribution in [3.63, 3.8) is 0 Å². The van der Waals surface area contributed by atoms with Crippen molar-refractivity contribution >= 4 is 21.5 Å². The lowest BCUT2D eigenvalue weighted by Gasteiger charge is -2.10. The molecular formula is C18H25N3O2S. The fraction of sp³-hybridized carbons (Fsp3) is 0.389. The molecule has 0 bridgehead atoms. The molecule has 0 unspecified atom stereocenters. The van der Waals surface area contributed by atoms with Crippen molar-refractivity contribution in [1.29, 1.82) is 0 Å². The number of rotatable bonds is 9. The number of aryl methyl sites for hydroxylation is 1. The fourth-order valence-corrected chi connectivity index (χ4v) is 3.27. The Labute approximate surface area is 144 Å². The van der Waals surface area contributed by atoms with E-state index >= 15 is 0 Å². The van der Waals surface area contributed by atoms with Crippen LogP contribution in [0.4, 0.5) is 11.5 Å². The molecule has 0 spiro atoms. The van der Waals surface area contributed by atoms with Gasteiger partial charge in [0.15, 0.2) is 0 Å². The molecule has 0 saturated carbocycles. The summed E-state index contributed by atoms with van der Waals surface area (Å²) < 4.78 is 26.8. The molecule has 0 saturated heterocycles. The maximum absolute atomic E-state index is 12.1. The van der Waals surface area contributed by atoms with Crippen LogP contribution >= 0.6 is 0 Å². The maximum atomic E-state index is 12.1. The maximum Gasteiger partial charge on any atom is 0.233 e. The van der Waals surface area contributed by atoms with Gasteiger partial charge in [-0.3, -0.25) is 4.72 Å². The quantitative estimate of drug-likeness (QED) is 0.728. The Morgan fingerprint density at radius 2 is 1.83 bits per heavy atom. The van der Waals surface area contributed by atoms with Gasteiger partial charge in [0.25, 0.3) is 0 Å². The van der Waals surface area contributed by atoms with Gasteiger partial charge >= 0.3 is 0 Å². The van der Waals surface area contributed by atoms with E-state index < -0.39 is 10.0 Å². The second-order valence-electron chi connectivity index (χ2n) is 6.22. The minimum absolute atomic E-state index is 0.0803. The van der Waals surface area contributed by atoms with Gasteiger partial charge in [-0.15, -0.1) is 0 Å². The molecule has 2 aromatic rings. The topological polar surface area (TPSA) is 71.1 Å². The van der Waals surface area contributed by atoms with Crippen LogP contribution in [0.2, 0.25) is 0 Å². The van der Waals surface area contributed by atoms with E-state index in [1.54, 1.807) is 12.3 Å². The van der Waals surface area contributed by atoms with Crippen molar-refractivity contribution < 1.29 is 8.42 Å². The van der Waals surface area contributed by atoms with Gasteiger partial charge in [0, 0.05) is 6.54 Å². The van der Waals surface area contributed by atoms with Crippen LogP contribution in [0.1, 0.15) is 25.8 Å². The average Bonchev–Trinajstić information content (AvgIpc) is 2.54. The molecule has 0 fully saturated rings. The summed E-state index contributed by atoms with van der Waals surface area (Å²) in [4.78, 5) is 4.16. The van der Waals surface area contributed by atoms with E-state index in [4.69, 9.17) is 0 Å². The highest BCUT2D eigenvalue weighted by molar-refractivity contribution is 7.92. The lowest BCUT2D eigenvalue weighted by atomic mass is 10.1. The Morgan fingerprint density at radius 1 is 1.08 bits per heavy atom. The Morgan fingerprint density at radius 3 is 2.46 bits per heavy atom. The largest absolute Gasteiger partial charge is 0.384 e. The van der Waals surface area contributed by atoms with E-state index in [0.29, 0.717) is 18.2 Å². The Kier molecular flexibility index (Phi) is 6.61. The van der Waals surface area contributed by atoms with Crippen molar-refractivity contribution in [3.8, 4) is 0 Å². The predicted molar refractivity (Wildman–Crippen MR) is 99.7 cm³/mol. The third-order valence-corrected chi connectivity index (χ3v) is 4.81. The van der Waals surface area contributed by atoms with Crippen LogP contribution in [-0.4, -0.2) is 25.7 Å².